The smallest absolute Gasteiger partial charge is 0.325 e. The number of nitrogens with one attached hydrogen (secondary N) is 1. The molecule has 0 unspecified atom stereocenters. The lowest BCUT2D eigenvalue weighted by atomic mass is 10.0. The van der Waals surface area contributed by atoms with Gasteiger partial charge in [0.25, 0.3) is 0 Å². The summed E-state index contributed by atoms with van der Waals surface area (Å²) in [5.41, 5.74) is 0. The van der Waals surface area contributed by atoms with E-state index in [1.165, 1.54) is 7.11 Å². The Morgan fingerprint density at radius 3 is 2.81 bits per heavy atom. The third kappa shape index (κ3) is 5.64. The van der Waals surface area contributed by atoms with Crippen molar-refractivity contribution in [2.24, 2.45) is 5.92 Å². The average Bonchev–Trinajstić information content (AvgIpc) is 3.11. The Balaban J connectivity index is 1.31. The van der Waals surface area contributed by atoms with E-state index in [0.29, 0.717) is 43.8 Å². The highest BCUT2D eigenvalue weighted by molar-refractivity contribution is 5.81. The van der Waals surface area contributed by atoms with Crippen molar-refractivity contribution in [1.29, 1.82) is 0 Å². The normalized spacial score (nSPS) is 18.2. The van der Waals surface area contributed by atoms with Gasteiger partial charge in [0.2, 0.25) is 5.89 Å². The van der Waals surface area contributed by atoms with Gasteiger partial charge in [-0.2, -0.15) is 4.98 Å². The molecule has 2 aliphatic heterocycles. The van der Waals surface area contributed by atoms with Crippen LogP contribution in [0.2, 0.25) is 0 Å². The highest BCUT2D eigenvalue weighted by Crippen LogP contribution is 2.25. The topological polar surface area (TPSA) is 116 Å². The Kier molecular flexibility index (Phi) is 6.99. The van der Waals surface area contributed by atoms with Gasteiger partial charge in [-0.15, -0.1) is 0 Å². The highest BCUT2D eigenvalue weighted by atomic mass is 16.5. The lowest BCUT2D eigenvalue weighted by Gasteiger charge is -2.36. The minimum absolute atomic E-state index is 0.0262. The molecule has 0 atom stereocenters. The molecule has 0 saturated carbocycles. The van der Waals surface area contributed by atoms with Crippen LogP contribution in [0.15, 0.2) is 4.52 Å². The minimum atomic E-state index is -0.485. The summed E-state index contributed by atoms with van der Waals surface area (Å²) in [7, 11) is 1.28. The molecule has 2 fully saturated rings. The Hall–Kier alpha value is -2.20. The number of urea groups is 1. The fraction of sp³-hybridized carbons (Fsp3) is 0.765. The summed E-state index contributed by atoms with van der Waals surface area (Å²) in [5.74, 6) is 1.27. The second kappa shape index (κ2) is 9.65. The van der Waals surface area contributed by atoms with Crippen LogP contribution in [0, 0.1) is 5.92 Å². The molecule has 0 radical (unpaired) electrons. The van der Waals surface area contributed by atoms with E-state index in [4.69, 9.17) is 14.0 Å². The lowest BCUT2D eigenvalue weighted by molar-refractivity contribution is -0.139. The van der Waals surface area contributed by atoms with E-state index in [1.54, 1.807) is 4.90 Å². The number of esters is 1. The van der Waals surface area contributed by atoms with E-state index in [2.05, 4.69) is 20.2 Å². The van der Waals surface area contributed by atoms with Gasteiger partial charge in [-0.25, -0.2) is 4.79 Å². The number of ether oxygens (including phenoxy) is 3. The first-order valence-electron chi connectivity index (χ1n) is 9.23. The van der Waals surface area contributed by atoms with Crippen molar-refractivity contribution < 1.29 is 28.3 Å². The first kappa shape index (κ1) is 19.6. The molecule has 1 N–H and O–H groups in total. The van der Waals surface area contributed by atoms with Gasteiger partial charge in [-0.1, -0.05) is 5.16 Å². The van der Waals surface area contributed by atoms with Gasteiger partial charge in [0.15, 0.2) is 5.82 Å². The SMILES string of the molecule is COC(=O)CNC(=O)N1CC(c2nc(CCOCC3CCOCC3)no2)C1. The first-order valence-corrected chi connectivity index (χ1v) is 9.23. The predicted molar refractivity (Wildman–Crippen MR) is 92.1 cm³/mol. The Morgan fingerprint density at radius 2 is 2.07 bits per heavy atom. The van der Waals surface area contributed by atoms with Crippen LogP contribution in [0.5, 0.6) is 0 Å². The fourth-order valence-corrected chi connectivity index (χ4v) is 2.99. The summed E-state index contributed by atoms with van der Waals surface area (Å²) in [5, 5.41) is 6.47. The van der Waals surface area contributed by atoms with E-state index in [1.807, 2.05) is 0 Å². The Morgan fingerprint density at radius 1 is 1.30 bits per heavy atom. The van der Waals surface area contributed by atoms with Crippen LogP contribution in [-0.4, -0.2) is 80.2 Å². The molecule has 0 spiro atoms. The van der Waals surface area contributed by atoms with Gasteiger partial charge in [-0.05, 0) is 18.8 Å². The van der Waals surface area contributed by atoms with Crippen molar-refractivity contribution in [2.45, 2.75) is 25.2 Å². The molecular weight excluding hydrogens is 356 g/mol. The Bertz CT molecular complexity index is 625. The fourth-order valence-electron chi connectivity index (χ4n) is 2.99. The van der Waals surface area contributed by atoms with Gasteiger partial charge in [0, 0.05) is 39.3 Å². The van der Waals surface area contributed by atoms with Crippen molar-refractivity contribution in [2.75, 3.05) is 53.2 Å². The molecule has 0 bridgehead atoms. The number of amides is 2. The van der Waals surface area contributed by atoms with Crippen molar-refractivity contribution in [3.63, 3.8) is 0 Å². The molecule has 150 valence electrons. The molecule has 0 aliphatic carbocycles. The summed E-state index contributed by atoms with van der Waals surface area (Å²) in [6.45, 7) is 3.76. The largest absolute Gasteiger partial charge is 0.468 e. The van der Waals surface area contributed by atoms with Crippen LogP contribution >= 0.6 is 0 Å². The molecule has 10 nitrogen and oxygen atoms in total. The van der Waals surface area contributed by atoms with Crippen molar-refractivity contribution >= 4 is 12.0 Å². The van der Waals surface area contributed by atoms with Crippen LogP contribution in [0.3, 0.4) is 0 Å². The molecular formula is C17H26N4O6. The summed E-state index contributed by atoms with van der Waals surface area (Å²) in [4.78, 5) is 28.8. The number of nitrogens with zero attached hydrogens (tertiary/aromatic N) is 3. The number of carbonyl (C=O) groups is 2. The van der Waals surface area contributed by atoms with Gasteiger partial charge in [0.05, 0.1) is 19.6 Å². The van der Waals surface area contributed by atoms with Gasteiger partial charge >= 0.3 is 12.0 Å². The molecule has 3 rings (SSSR count). The molecule has 3 heterocycles. The van der Waals surface area contributed by atoms with E-state index in [-0.39, 0.29) is 18.5 Å². The quantitative estimate of drug-likeness (QED) is 0.505. The maximum Gasteiger partial charge on any atom is 0.325 e. The predicted octanol–water partition coefficient (Wildman–Crippen LogP) is 0.337. The van der Waals surface area contributed by atoms with Gasteiger partial charge in [0.1, 0.15) is 6.54 Å². The zero-order chi connectivity index (χ0) is 19.1. The molecule has 2 aliphatic rings. The van der Waals surface area contributed by atoms with Crippen molar-refractivity contribution in [1.82, 2.24) is 20.4 Å². The third-order valence-electron chi connectivity index (χ3n) is 4.78. The Labute approximate surface area is 157 Å². The maximum atomic E-state index is 11.8. The number of methoxy groups -OCH3 is 1. The summed E-state index contributed by atoms with van der Waals surface area (Å²) < 4.78 is 20.8. The van der Waals surface area contributed by atoms with Gasteiger partial charge < -0.3 is 29.0 Å². The second-order valence-corrected chi connectivity index (χ2v) is 6.77. The van der Waals surface area contributed by atoms with E-state index in [0.717, 1.165) is 32.7 Å². The molecule has 27 heavy (non-hydrogen) atoms. The maximum absolute atomic E-state index is 11.8. The number of likely N-dealkylation sites (tertiary alicyclic amines) is 1. The van der Waals surface area contributed by atoms with Crippen LogP contribution in [0.1, 0.15) is 30.5 Å². The van der Waals surface area contributed by atoms with Gasteiger partial charge in [-0.3, -0.25) is 4.79 Å². The number of rotatable bonds is 8. The minimum Gasteiger partial charge on any atom is -0.468 e. The molecule has 2 saturated heterocycles. The number of hydrogen-bond acceptors (Lipinski definition) is 8. The van der Waals surface area contributed by atoms with Crippen molar-refractivity contribution in [3.05, 3.63) is 11.7 Å². The molecule has 1 aromatic rings. The van der Waals surface area contributed by atoms with Crippen LogP contribution in [0.25, 0.3) is 0 Å². The summed E-state index contributed by atoms with van der Waals surface area (Å²) in [6, 6.07) is -0.307. The number of aromatic nitrogens is 2. The van der Waals surface area contributed by atoms with Crippen LogP contribution < -0.4 is 5.32 Å². The first-order chi connectivity index (χ1) is 13.2. The molecule has 0 aromatic carbocycles. The van der Waals surface area contributed by atoms with E-state index >= 15 is 0 Å². The standard InChI is InChI=1S/C17H26N4O6/c1-24-15(22)8-18-17(23)21-9-13(10-21)16-19-14(20-27-16)4-7-26-11-12-2-5-25-6-3-12/h12-13H,2-11H2,1H3,(H,18,23). The monoisotopic (exact) mass is 382 g/mol. The number of hydrogen-bond donors (Lipinski definition) is 1. The lowest BCUT2D eigenvalue weighted by Crippen LogP contribution is -2.53. The third-order valence-corrected chi connectivity index (χ3v) is 4.78. The second-order valence-electron chi connectivity index (χ2n) is 6.77. The summed E-state index contributed by atoms with van der Waals surface area (Å²) >= 11 is 0. The van der Waals surface area contributed by atoms with E-state index in [9.17, 15) is 9.59 Å². The zero-order valence-electron chi connectivity index (χ0n) is 15.5. The molecule has 2 amide bonds. The zero-order valence-corrected chi connectivity index (χ0v) is 15.5. The number of carbonyl (C=O) groups excluding carboxylic acids is 2. The summed E-state index contributed by atoms with van der Waals surface area (Å²) in [6.07, 6.45) is 2.71. The molecule has 1 aromatic heterocycles. The van der Waals surface area contributed by atoms with Crippen LogP contribution in [0.4, 0.5) is 4.79 Å². The van der Waals surface area contributed by atoms with Crippen LogP contribution in [-0.2, 0) is 25.4 Å². The molecule has 10 heteroatoms. The van der Waals surface area contributed by atoms with Crippen molar-refractivity contribution in [3.8, 4) is 0 Å². The highest BCUT2D eigenvalue weighted by Gasteiger charge is 2.35. The average molecular weight is 382 g/mol. The van der Waals surface area contributed by atoms with E-state index < -0.39 is 5.97 Å².